The molecule has 0 aliphatic carbocycles. The third-order valence-electron chi connectivity index (χ3n) is 2.24. The summed E-state index contributed by atoms with van der Waals surface area (Å²) >= 11 is 0. The standard InChI is InChI=1S/C12H18N2O2/c1-10-6-5-7-11(14-10)12(16)13-8-3-2-4-9-15/h5-7,15H,2-4,8-9H2,1H3,(H,13,16). The van der Waals surface area contributed by atoms with Crippen LogP contribution < -0.4 is 5.32 Å². The van der Waals surface area contributed by atoms with Gasteiger partial charge in [-0.15, -0.1) is 0 Å². The summed E-state index contributed by atoms with van der Waals surface area (Å²) in [6.45, 7) is 2.71. The third kappa shape index (κ3) is 4.40. The van der Waals surface area contributed by atoms with E-state index in [1.807, 2.05) is 19.1 Å². The van der Waals surface area contributed by atoms with Gasteiger partial charge < -0.3 is 10.4 Å². The second-order valence-corrected chi connectivity index (χ2v) is 3.70. The molecule has 1 amide bonds. The van der Waals surface area contributed by atoms with Crippen molar-refractivity contribution in [2.24, 2.45) is 0 Å². The molecule has 1 aromatic rings. The van der Waals surface area contributed by atoms with Crippen LogP contribution in [-0.4, -0.2) is 29.1 Å². The molecular formula is C12H18N2O2. The van der Waals surface area contributed by atoms with Crippen LogP contribution in [0.3, 0.4) is 0 Å². The molecule has 0 aromatic carbocycles. The minimum absolute atomic E-state index is 0.132. The molecule has 0 atom stereocenters. The van der Waals surface area contributed by atoms with Crippen molar-refractivity contribution in [3.05, 3.63) is 29.6 Å². The number of hydrogen-bond acceptors (Lipinski definition) is 3. The molecule has 0 bridgehead atoms. The Morgan fingerprint density at radius 3 is 2.88 bits per heavy atom. The first-order valence-corrected chi connectivity index (χ1v) is 5.57. The zero-order chi connectivity index (χ0) is 11.8. The first-order chi connectivity index (χ1) is 7.74. The lowest BCUT2D eigenvalue weighted by molar-refractivity contribution is 0.0947. The third-order valence-corrected chi connectivity index (χ3v) is 2.24. The highest BCUT2D eigenvalue weighted by Gasteiger charge is 2.05. The Balaban J connectivity index is 2.30. The van der Waals surface area contributed by atoms with Gasteiger partial charge in [0, 0.05) is 18.8 Å². The average molecular weight is 222 g/mol. The molecule has 0 fully saturated rings. The van der Waals surface area contributed by atoms with Crippen LogP contribution in [0.1, 0.15) is 35.4 Å². The molecule has 16 heavy (non-hydrogen) atoms. The normalized spacial score (nSPS) is 10.1. The van der Waals surface area contributed by atoms with Gasteiger partial charge in [0.1, 0.15) is 5.69 Å². The zero-order valence-corrected chi connectivity index (χ0v) is 9.57. The lowest BCUT2D eigenvalue weighted by Gasteiger charge is -2.04. The van der Waals surface area contributed by atoms with Crippen LogP contribution in [0.5, 0.6) is 0 Å². The van der Waals surface area contributed by atoms with Gasteiger partial charge in [0.25, 0.3) is 5.91 Å². The number of aliphatic hydroxyl groups excluding tert-OH is 1. The second-order valence-electron chi connectivity index (χ2n) is 3.70. The lowest BCUT2D eigenvalue weighted by Crippen LogP contribution is -2.25. The minimum Gasteiger partial charge on any atom is -0.396 e. The highest BCUT2D eigenvalue weighted by molar-refractivity contribution is 5.92. The van der Waals surface area contributed by atoms with Crippen LogP contribution in [0, 0.1) is 6.92 Å². The van der Waals surface area contributed by atoms with E-state index < -0.39 is 0 Å². The highest BCUT2D eigenvalue weighted by Crippen LogP contribution is 1.98. The van der Waals surface area contributed by atoms with Gasteiger partial charge in [-0.05, 0) is 38.3 Å². The topological polar surface area (TPSA) is 62.2 Å². The summed E-state index contributed by atoms with van der Waals surface area (Å²) in [7, 11) is 0. The molecule has 1 rings (SSSR count). The maximum Gasteiger partial charge on any atom is 0.269 e. The second kappa shape index (κ2) is 6.95. The summed E-state index contributed by atoms with van der Waals surface area (Å²) in [5.41, 5.74) is 1.30. The number of amides is 1. The van der Waals surface area contributed by atoms with Crippen molar-refractivity contribution >= 4 is 5.91 Å². The summed E-state index contributed by atoms with van der Waals surface area (Å²) in [4.78, 5) is 15.7. The van der Waals surface area contributed by atoms with E-state index >= 15 is 0 Å². The van der Waals surface area contributed by atoms with Gasteiger partial charge in [0.05, 0.1) is 0 Å². The van der Waals surface area contributed by atoms with E-state index in [9.17, 15) is 4.79 Å². The maximum atomic E-state index is 11.6. The fraction of sp³-hybridized carbons (Fsp3) is 0.500. The van der Waals surface area contributed by atoms with E-state index in [2.05, 4.69) is 10.3 Å². The van der Waals surface area contributed by atoms with Crippen molar-refractivity contribution in [2.75, 3.05) is 13.2 Å². The minimum atomic E-state index is -0.132. The molecule has 0 saturated carbocycles. The molecule has 1 heterocycles. The highest BCUT2D eigenvalue weighted by atomic mass is 16.2. The lowest BCUT2D eigenvalue weighted by atomic mass is 10.2. The molecule has 0 aliphatic heterocycles. The quantitative estimate of drug-likeness (QED) is 0.713. The van der Waals surface area contributed by atoms with Gasteiger partial charge >= 0.3 is 0 Å². The van der Waals surface area contributed by atoms with Crippen LogP contribution in [-0.2, 0) is 0 Å². The Kier molecular flexibility index (Phi) is 5.50. The van der Waals surface area contributed by atoms with Gasteiger partial charge in [0.15, 0.2) is 0 Å². The number of aliphatic hydroxyl groups is 1. The Labute approximate surface area is 95.7 Å². The summed E-state index contributed by atoms with van der Waals surface area (Å²) in [5, 5.41) is 11.4. The van der Waals surface area contributed by atoms with Crippen LogP contribution in [0.25, 0.3) is 0 Å². The number of unbranched alkanes of at least 4 members (excludes halogenated alkanes) is 2. The van der Waals surface area contributed by atoms with Crippen molar-refractivity contribution in [3.63, 3.8) is 0 Å². The average Bonchev–Trinajstić information content (AvgIpc) is 2.28. The van der Waals surface area contributed by atoms with Gasteiger partial charge in [-0.25, -0.2) is 4.98 Å². The predicted molar refractivity (Wildman–Crippen MR) is 62.2 cm³/mol. The molecule has 0 saturated heterocycles. The van der Waals surface area contributed by atoms with Crippen molar-refractivity contribution in [1.29, 1.82) is 0 Å². The van der Waals surface area contributed by atoms with Crippen molar-refractivity contribution in [2.45, 2.75) is 26.2 Å². The number of nitrogens with zero attached hydrogens (tertiary/aromatic N) is 1. The van der Waals surface area contributed by atoms with Crippen molar-refractivity contribution < 1.29 is 9.90 Å². The van der Waals surface area contributed by atoms with E-state index in [-0.39, 0.29) is 12.5 Å². The Morgan fingerprint density at radius 2 is 2.19 bits per heavy atom. The Hall–Kier alpha value is -1.42. The monoisotopic (exact) mass is 222 g/mol. The first kappa shape index (κ1) is 12.6. The van der Waals surface area contributed by atoms with E-state index in [0.717, 1.165) is 25.0 Å². The summed E-state index contributed by atoms with van der Waals surface area (Å²) in [6, 6.07) is 5.39. The Bertz CT molecular complexity index is 340. The molecule has 0 radical (unpaired) electrons. The predicted octanol–water partition coefficient (Wildman–Crippen LogP) is 1.28. The summed E-state index contributed by atoms with van der Waals surface area (Å²) in [6.07, 6.45) is 2.61. The van der Waals surface area contributed by atoms with E-state index in [1.165, 1.54) is 0 Å². The van der Waals surface area contributed by atoms with Crippen LogP contribution >= 0.6 is 0 Å². The van der Waals surface area contributed by atoms with Gasteiger partial charge in [-0.3, -0.25) is 4.79 Å². The Morgan fingerprint density at radius 1 is 1.38 bits per heavy atom. The van der Waals surface area contributed by atoms with E-state index in [0.29, 0.717) is 12.2 Å². The number of nitrogens with one attached hydrogen (secondary N) is 1. The summed E-state index contributed by atoms with van der Waals surface area (Å²) in [5.74, 6) is -0.132. The molecule has 0 spiro atoms. The first-order valence-electron chi connectivity index (χ1n) is 5.57. The SMILES string of the molecule is Cc1cccc(C(=O)NCCCCCO)n1. The van der Waals surface area contributed by atoms with E-state index in [4.69, 9.17) is 5.11 Å². The number of carbonyl (C=O) groups is 1. The summed E-state index contributed by atoms with van der Waals surface area (Å²) < 4.78 is 0. The van der Waals surface area contributed by atoms with Crippen molar-refractivity contribution in [3.8, 4) is 0 Å². The van der Waals surface area contributed by atoms with Crippen molar-refractivity contribution in [1.82, 2.24) is 10.3 Å². The van der Waals surface area contributed by atoms with Gasteiger partial charge in [-0.1, -0.05) is 6.07 Å². The molecule has 1 aromatic heterocycles. The number of aryl methyl sites for hydroxylation is 1. The molecule has 4 nitrogen and oxygen atoms in total. The van der Waals surface area contributed by atoms with Gasteiger partial charge in [0.2, 0.25) is 0 Å². The van der Waals surface area contributed by atoms with Crippen LogP contribution in [0.15, 0.2) is 18.2 Å². The van der Waals surface area contributed by atoms with Gasteiger partial charge in [-0.2, -0.15) is 0 Å². The molecule has 0 unspecified atom stereocenters. The number of pyridine rings is 1. The van der Waals surface area contributed by atoms with Crippen LogP contribution in [0.4, 0.5) is 0 Å². The fourth-order valence-electron chi connectivity index (χ4n) is 1.38. The fourth-order valence-corrected chi connectivity index (χ4v) is 1.38. The number of hydrogen-bond donors (Lipinski definition) is 2. The maximum absolute atomic E-state index is 11.6. The molecular weight excluding hydrogens is 204 g/mol. The molecule has 4 heteroatoms. The smallest absolute Gasteiger partial charge is 0.269 e. The number of carbonyl (C=O) groups excluding carboxylic acids is 1. The number of rotatable bonds is 6. The largest absolute Gasteiger partial charge is 0.396 e. The van der Waals surface area contributed by atoms with E-state index in [1.54, 1.807) is 6.07 Å². The number of aromatic nitrogens is 1. The molecule has 88 valence electrons. The molecule has 2 N–H and O–H groups in total. The van der Waals surface area contributed by atoms with Crippen LogP contribution in [0.2, 0.25) is 0 Å². The zero-order valence-electron chi connectivity index (χ0n) is 9.57. The molecule has 0 aliphatic rings.